The van der Waals surface area contributed by atoms with Crippen molar-refractivity contribution in [1.82, 2.24) is 5.43 Å². The van der Waals surface area contributed by atoms with Crippen molar-refractivity contribution in [3.63, 3.8) is 0 Å². The number of nitrogens with one attached hydrogen (secondary N) is 1. The van der Waals surface area contributed by atoms with Gasteiger partial charge in [0.05, 0.1) is 0 Å². The van der Waals surface area contributed by atoms with Crippen LogP contribution >= 0.6 is 0 Å². The van der Waals surface area contributed by atoms with Crippen LogP contribution in [-0.4, -0.2) is 6.04 Å². The number of benzene rings is 1. The molecule has 0 aromatic heterocycles. The van der Waals surface area contributed by atoms with Crippen LogP contribution in [0.1, 0.15) is 56.2 Å². The fourth-order valence-electron chi connectivity index (χ4n) is 3.77. The maximum absolute atomic E-state index is 5.89. The number of aryl methyl sites for hydroxylation is 2. The average molecular weight is 274 g/mol. The first-order valence-electron chi connectivity index (χ1n) is 7.96. The van der Waals surface area contributed by atoms with Crippen molar-refractivity contribution in [3.8, 4) is 0 Å². The fraction of sp³-hybridized carbons (Fsp3) is 0.667. The third-order valence-corrected chi connectivity index (χ3v) is 5.32. The second kappa shape index (κ2) is 6.28. The topological polar surface area (TPSA) is 38.0 Å². The summed E-state index contributed by atoms with van der Waals surface area (Å²) in [5.74, 6) is 6.56. The molecule has 1 aliphatic carbocycles. The van der Waals surface area contributed by atoms with Gasteiger partial charge in [-0.3, -0.25) is 11.3 Å². The van der Waals surface area contributed by atoms with Crippen molar-refractivity contribution < 1.29 is 0 Å². The van der Waals surface area contributed by atoms with Crippen molar-refractivity contribution in [3.05, 3.63) is 34.9 Å². The summed E-state index contributed by atoms with van der Waals surface area (Å²) in [6.07, 6.45) is 6.37. The van der Waals surface area contributed by atoms with Gasteiger partial charge in [-0.15, -0.1) is 0 Å². The first kappa shape index (κ1) is 15.5. The first-order chi connectivity index (χ1) is 9.44. The number of hydrazine groups is 1. The van der Waals surface area contributed by atoms with Crippen LogP contribution in [0.3, 0.4) is 0 Å². The lowest BCUT2D eigenvalue weighted by Crippen LogP contribution is -2.48. The maximum Gasteiger partial charge on any atom is 0.0284 e. The molecule has 20 heavy (non-hydrogen) atoms. The predicted octanol–water partition coefficient (Wildman–Crippen LogP) is 3.89. The van der Waals surface area contributed by atoms with Crippen LogP contribution in [-0.2, 0) is 6.42 Å². The molecule has 2 atom stereocenters. The first-order valence-corrected chi connectivity index (χ1v) is 7.96. The van der Waals surface area contributed by atoms with E-state index in [1.807, 2.05) is 0 Å². The Hall–Kier alpha value is -0.860. The van der Waals surface area contributed by atoms with E-state index >= 15 is 0 Å². The van der Waals surface area contributed by atoms with Gasteiger partial charge in [0.25, 0.3) is 0 Å². The van der Waals surface area contributed by atoms with Crippen LogP contribution in [0, 0.1) is 25.2 Å². The second-order valence-electron chi connectivity index (χ2n) is 7.24. The third kappa shape index (κ3) is 3.42. The van der Waals surface area contributed by atoms with E-state index in [1.54, 1.807) is 0 Å². The second-order valence-corrected chi connectivity index (χ2v) is 7.24. The average Bonchev–Trinajstić information content (AvgIpc) is 2.40. The van der Waals surface area contributed by atoms with E-state index in [4.69, 9.17) is 5.84 Å². The molecule has 0 radical (unpaired) electrons. The third-order valence-electron chi connectivity index (χ3n) is 5.32. The quantitative estimate of drug-likeness (QED) is 0.645. The largest absolute Gasteiger partial charge is 0.271 e. The molecule has 112 valence electrons. The Morgan fingerprint density at radius 1 is 1.25 bits per heavy atom. The number of hydrogen-bond acceptors (Lipinski definition) is 2. The van der Waals surface area contributed by atoms with Crippen LogP contribution in [0.2, 0.25) is 0 Å². The monoisotopic (exact) mass is 274 g/mol. The van der Waals surface area contributed by atoms with Gasteiger partial charge < -0.3 is 0 Å². The van der Waals surface area contributed by atoms with Crippen LogP contribution < -0.4 is 11.3 Å². The zero-order chi connectivity index (χ0) is 14.8. The highest BCUT2D eigenvalue weighted by Gasteiger charge is 2.37. The highest BCUT2D eigenvalue weighted by Crippen LogP contribution is 2.42. The van der Waals surface area contributed by atoms with E-state index in [-0.39, 0.29) is 0 Å². The molecule has 1 aromatic carbocycles. The van der Waals surface area contributed by atoms with Gasteiger partial charge >= 0.3 is 0 Å². The molecule has 0 saturated heterocycles. The molecule has 2 unspecified atom stereocenters. The lowest BCUT2D eigenvalue weighted by atomic mass is 9.65. The van der Waals surface area contributed by atoms with Crippen molar-refractivity contribution in [2.45, 2.75) is 65.8 Å². The van der Waals surface area contributed by atoms with E-state index in [1.165, 1.54) is 42.4 Å². The van der Waals surface area contributed by atoms with Gasteiger partial charge in [0, 0.05) is 6.04 Å². The molecule has 0 spiro atoms. The zero-order valence-corrected chi connectivity index (χ0v) is 13.5. The molecule has 2 rings (SSSR count). The Morgan fingerprint density at radius 2 is 2.00 bits per heavy atom. The number of rotatable bonds is 4. The normalized spacial score (nSPS) is 23.6. The minimum absolute atomic E-state index is 0.382. The molecule has 0 heterocycles. The Labute approximate surface area is 124 Å². The molecule has 0 amide bonds. The minimum atomic E-state index is 0.382. The number of nitrogens with two attached hydrogens (primary N) is 1. The molecule has 0 bridgehead atoms. The summed E-state index contributed by atoms with van der Waals surface area (Å²) in [5, 5.41) is 0. The van der Waals surface area contributed by atoms with Crippen LogP contribution in [0.15, 0.2) is 18.2 Å². The Morgan fingerprint density at radius 3 is 2.60 bits per heavy atom. The molecule has 1 fully saturated rings. The molecular weight excluding hydrogens is 244 g/mol. The summed E-state index contributed by atoms with van der Waals surface area (Å²) in [5.41, 5.74) is 7.65. The Balaban J connectivity index is 2.13. The van der Waals surface area contributed by atoms with E-state index in [0.717, 1.165) is 6.42 Å². The van der Waals surface area contributed by atoms with Gasteiger partial charge in [-0.1, -0.05) is 44.9 Å². The van der Waals surface area contributed by atoms with Gasteiger partial charge in [0.1, 0.15) is 0 Å². The SMILES string of the molecule is Cc1ccc(CC(NN)C2CCCCC2(C)C)cc1C. The van der Waals surface area contributed by atoms with E-state index in [0.29, 0.717) is 17.4 Å². The van der Waals surface area contributed by atoms with Gasteiger partial charge in [0.2, 0.25) is 0 Å². The lowest BCUT2D eigenvalue weighted by molar-refractivity contribution is 0.0982. The molecule has 3 N–H and O–H groups in total. The molecule has 0 aliphatic heterocycles. The minimum Gasteiger partial charge on any atom is -0.271 e. The van der Waals surface area contributed by atoms with Crippen molar-refractivity contribution in [2.75, 3.05) is 0 Å². The van der Waals surface area contributed by atoms with E-state index < -0.39 is 0 Å². The highest BCUT2D eigenvalue weighted by atomic mass is 15.2. The van der Waals surface area contributed by atoms with Crippen LogP contribution in [0.4, 0.5) is 0 Å². The summed E-state index contributed by atoms with van der Waals surface area (Å²) < 4.78 is 0. The standard InChI is InChI=1S/C18H30N2/c1-13-8-9-15(11-14(13)2)12-17(20-19)16-7-5-6-10-18(16,3)4/h8-9,11,16-17,20H,5-7,10,12,19H2,1-4H3. The highest BCUT2D eigenvalue weighted by molar-refractivity contribution is 5.30. The van der Waals surface area contributed by atoms with E-state index in [9.17, 15) is 0 Å². The fourth-order valence-corrected chi connectivity index (χ4v) is 3.77. The van der Waals surface area contributed by atoms with Crippen LogP contribution in [0.25, 0.3) is 0 Å². The molecule has 2 heteroatoms. The van der Waals surface area contributed by atoms with Gasteiger partial charge in [-0.05, 0) is 61.1 Å². The Bertz CT molecular complexity index is 451. The lowest BCUT2D eigenvalue weighted by Gasteiger charge is -2.43. The van der Waals surface area contributed by atoms with Crippen molar-refractivity contribution in [1.29, 1.82) is 0 Å². The van der Waals surface area contributed by atoms with Crippen LogP contribution in [0.5, 0.6) is 0 Å². The molecule has 1 saturated carbocycles. The van der Waals surface area contributed by atoms with Crippen molar-refractivity contribution in [2.24, 2.45) is 17.2 Å². The van der Waals surface area contributed by atoms with Gasteiger partial charge in [-0.2, -0.15) is 0 Å². The summed E-state index contributed by atoms with van der Waals surface area (Å²) >= 11 is 0. The van der Waals surface area contributed by atoms with E-state index in [2.05, 4.69) is 51.3 Å². The molecule has 2 nitrogen and oxygen atoms in total. The maximum atomic E-state index is 5.89. The van der Waals surface area contributed by atoms with Crippen molar-refractivity contribution >= 4 is 0 Å². The molecule has 1 aromatic rings. The molecule has 1 aliphatic rings. The summed E-state index contributed by atoms with van der Waals surface area (Å²) in [4.78, 5) is 0. The zero-order valence-electron chi connectivity index (χ0n) is 13.5. The summed E-state index contributed by atoms with van der Waals surface area (Å²) in [6, 6.07) is 7.18. The smallest absolute Gasteiger partial charge is 0.0284 e. The summed E-state index contributed by atoms with van der Waals surface area (Å²) in [6.45, 7) is 9.17. The predicted molar refractivity (Wildman–Crippen MR) is 86.5 cm³/mol. The van der Waals surface area contributed by atoms with Gasteiger partial charge in [-0.25, -0.2) is 0 Å². The summed E-state index contributed by atoms with van der Waals surface area (Å²) in [7, 11) is 0. The number of hydrogen-bond donors (Lipinski definition) is 2. The Kier molecular flexibility index (Phi) is 4.87. The molecular formula is C18H30N2. The van der Waals surface area contributed by atoms with Gasteiger partial charge in [0.15, 0.2) is 0 Å².